The number of ether oxygens (including phenoxy) is 3. The van der Waals surface area contributed by atoms with Crippen molar-refractivity contribution < 1.29 is 28.6 Å². The highest BCUT2D eigenvalue weighted by Crippen LogP contribution is 2.22. The lowest BCUT2D eigenvalue weighted by Gasteiger charge is -2.28. The van der Waals surface area contributed by atoms with E-state index in [1.165, 1.54) is 7.11 Å². The van der Waals surface area contributed by atoms with Gasteiger partial charge in [0.05, 0.1) is 17.9 Å². The van der Waals surface area contributed by atoms with E-state index in [2.05, 4.69) is 20.7 Å². The summed E-state index contributed by atoms with van der Waals surface area (Å²) < 4.78 is 15.2. The Morgan fingerprint density at radius 1 is 0.909 bits per heavy atom. The average Bonchev–Trinajstić information content (AvgIpc) is 2.38. The zero-order chi connectivity index (χ0) is 17.7. The van der Waals surface area contributed by atoms with Crippen LogP contribution in [0, 0.1) is 10.8 Å². The minimum absolute atomic E-state index is 0.131. The summed E-state index contributed by atoms with van der Waals surface area (Å²) in [6.07, 6.45) is -2.28. The van der Waals surface area contributed by atoms with Gasteiger partial charge in [-0.15, -0.1) is 0 Å². The number of carbonyl (C=O) groups is 3. The number of esters is 3. The average molecular weight is 381 g/mol. The monoisotopic (exact) mass is 380 g/mol. The molecule has 0 aliphatic rings. The first-order chi connectivity index (χ1) is 9.84. The molecule has 0 bridgehead atoms. The van der Waals surface area contributed by atoms with Crippen molar-refractivity contribution in [2.24, 2.45) is 10.8 Å². The van der Waals surface area contributed by atoms with Crippen molar-refractivity contribution in [2.45, 2.75) is 53.8 Å². The third kappa shape index (κ3) is 6.34. The Labute approximate surface area is 140 Å². The van der Waals surface area contributed by atoms with Crippen LogP contribution in [0.2, 0.25) is 0 Å². The van der Waals surface area contributed by atoms with Gasteiger partial charge in [0.2, 0.25) is 6.10 Å². The van der Waals surface area contributed by atoms with Crippen molar-refractivity contribution in [3.8, 4) is 0 Å². The van der Waals surface area contributed by atoms with Gasteiger partial charge in [-0.2, -0.15) is 0 Å². The van der Waals surface area contributed by atoms with Gasteiger partial charge in [0.25, 0.3) is 0 Å². The highest BCUT2D eigenvalue weighted by atomic mass is 79.9. The normalized spacial score (nSPS) is 14.7. The molecule has 0 radical (unpaired) electrons. The van der Waals surface area contributed by atoms with Gasteiger partial charge in [-0.05, 0) is 41.5 Å². The number of hydrogen-bond donors (Lipinski definition) is 0. The maximum Gasteiger partial charge on any atom is 0.351 e. The Kier molecular flexibility index (Phi) is 7.54. The third-order valence-electron chi connectivity index (χ3n) is 2.64. The largest absolute Gasteiger partial charge is 0.466 e. The van der Waals surface area contributed by atoms with Crippen LogP contribution >= 0.6 is 15.9 Å². The van der Waals surface area contributed by atoms with Crippen molar-refractivity contribution in [1.82, 2.24) is 0 Å². The molecule has 0 N–H and O–H groups in total. The molecule has 6 nitrogen and oxygen atoms in total. The Morgan fingerprint density at radius 2 is 1.32 bits per heavy atom. The Morgan fingerprint density at radius 3 is 1.64 bits per heavy atom. The number of rotatable bonds is 5. The summed E-state index contributed by atoms with van der Waals surface area (Å²) in [5.74, 6) is -1.86. The van der Waals surface area contributed by atoms with E-state index in [9.17, 15) is 14.4 Å². The number of alkyl halides is 1. The van der Waals surface area contributed by atoms with Crippen LogP contribution in [-0.4, -0.2) is 42.6 Å². The SMILES string of the molecule is COC(=O)[C@@H](OC(=O)C(C)(C)C)[C@@H](CBr)OC(=O)C(C)(C)C. The fourth-order valence-electron chi connectivity index (χ4n) is 1.17. The molecular weight excluding hydrogens is 356 g/mol. The Hall–Kier alpha value is -1.11. The summed E-state index contributed by atoms with van der Waals surface area (Å²) >= 11 is 3.17. The summed E-state index contributed by atoms with van der Waals surface area (Å²) in [7, 11) is 1.18. The molecule has 0 aromatic rings. The molecular formula is C15H25BrO6. The maximum absolute atomic E-state index is 12.0. The number of methoxy groups -OCH3 is 1. The van der Waals surface area contributed by atoms with E-state index < -0.39 is 40.9 Å². The summed E-state index contributed by atoms with van der Waals surface area (Å²) in [5.41, 5.74) is -1.54. The van der Waals surface area contributed by atoms with Gasteiger partial charge in [-0.25, -0.2) is 4.79 Å². The zero-order valence-electron chi connectivity index (χ0n) is 14.2. The summed E-state index contributed by atoms with van der Waals surface area (Å²) in [6.45, 7) is 10.1. The van der Waals surface area contributed by atoms with Crippen molar-refractivity contribution in [3.63, 3.8) is 0 Å². The van der Waals surface area contributed by atoms with Crippen LogP contribution < -0.4 is 0 Å². The maximum atomic E-state index is 12.0. The van der Waals surface area contributed by atoms with Gasteiger partial charge in [0.15, 0.2) is 6.10 Å². The second kappa shape index (κ2) is 7.94. The van der Waals surface area contributed by atoms with Gasteiger partial charge in [0, 0.05) is 5.33 Å². The third-order valence-corrected chi connectivity index (χ3v) is 3.28. The lowest BCUT2D eigenvalue weighted by atomic mass is 9.97. The number of hydrogen-bond acceptors (Lipinski definition) is 6. The molecule has 2 atom stereocenters. The fraction of sp³-hybridized carbons (Fsp3) is 0.800. The van der Waals surface area contributed by atoms with E-state index >= 15 is 0 Å². The standard InChI is InChI=1S/C15H25BrO6/c1-14(2,3)12(18)21-9(8-16)10(11(17)20-7)22-13(19)15(4,5)6/h9-10H,8H2,1-7H3/t9-,10+/m1/s1. The summed E-state index contributed by atoms with van der Waals surface area (Å²) in [6, 6.07) is 0. The molecule has 22 heavy (non-hydrogen) atoms. The Bertz CT molecular complexity index is 419. The second-order valence-corrected chi connectivity index (χ2v) is 7.59. The molecule has 0 saturated carbocycles. The molecule has 128 valence electrons. The molecule has 0 rings (SSSR count). The molecule has 0 aliphatic heterocycles. The van der Waals surface area contributed by atoms with E-state index in [0.29, 0.717) is 0 Å². The first-order valence-electron chi connectivity index (χ1n) is 6.90. The van der Waals surface area contributed by atoms with Crippen LogP contribution in [0.5, 0.6) is 0 Å². The molecule has 0 amide bonds. The molecule has 0 aliphatic carbocycles. The minimum atomic E-state index is -1.32. The first kappa shape index (κ1) is 20.9. The van der Waals surface area contributed by atoms with E-state index in [0.717, 1.165) is 0 Å². The van der Waals surface area contributed by atoms with Gasteiger partial charge >= 0.3 is 17.9 Å². The predicted octanol–water partition coefficient (Wildman–Crippen LogP) is 2.47. The van der Waals surface area contributed by atoms with Crippen LogP contribution in [0.4, 0.5) is 0 Å². The summed E-state index contributed by atoms with van der Waals surface area (Å²) in [5, 5.41) is 0.131. The molecule has 0 heterocycles. The second-order valence-electron chi connectivity index (χ2n) is 6.95. The van der Waals surface area contributed by atoms with Crippen molar-refractivity contribution in [3.05, 3.63) is 0 Å². The Balaban J connectivity index is 5.26. The molecule has 0 fully saturated rings. The fourth-order valence-corrected chi connectivity index (χ4v) is 1.64. The lowest BCUT2D eigenvalue weighted by Crippen LogP contribution is -2.45. The predicted molar refractivity (Wildman–Crippen MR) is 84.5 cm³/mol. The lowest BCUT2D eigenvalue weighted by molar-refractivity contribution is -0.186. The minimum Gasteiger partial charge on any atom is -0.466 e. The number of halogens is 1. The van der Waals surface area contributed by atoms with Crippen molar-refractivity contribution in [1.29, 1.82) is 0 Å². The van der Waals surface area contributed by atoms with Gasteiger partial charge < -0.3 is 14.2 Å². The zero-order valence-corrected chi connectivity index (χ0v) is 15.8. The van der Waals surface area contributed by atoms with Gasteiger partial charge in [0.1, 0.15) is 0 Å². The van der Waals surface area contributed by atoms with Crippen LogP contribution in [0.3, 0.4) is 0 Å². The van der Waals surface area contributed by atoms with Crippen molar-refractivity contribution >= 4 is 33.8 Å². The van der Waals surface area contributed by atoms with E-state index in [1.807, 2.05) is 0 Å². The molecule has 0 unspecified atom stereocenters. The highest BCUT2D eigenvalue weighted by molar-refractivity contribution is 9.09. The smallest absolute Gasteiger partial charge is 0.351 e. The van der Waals surface area contributed by atoms with Crippen LogP contribution in [0.1, 0.15) is 41.5 Å². The van der Waals surface area contributed by atoms with Crippen LogP contribution in [-0.2, 0) is 28.6 Å². The molecule has 0 aromatic carbocycles. The topological polar surface area (TPSA) is 78.9 Å². The number of carbonyl (C=O) groups excluding carboxylic acids is 3. The van der Waals surface area contributed by atoms with Crippen LogP contribution in [0.25, 0.3) is 0 Å². The van der Waals surface area contributed by atoms with Crippen LogP contribution in [0.15, 0.2) is 0 Å². The van der Waals surface area contributed by atoms with E-state index in [-0.39, 0.29) is 5.33 Å². The van der Waals surface area contributed by atoms with Gasteiger partial charge in [-0.3, -0.25) is 9.59 Å². The quantitative estimate of drug-likeness (QED) is 0.414. The molecule has 7 heteroatoms. The molecule has 0 aromatic heterocycles. The van der Waals surface area contributed by atoms with E-state index in [4.69, 9.17) is 9.47 Å². The summed E-state index contributed by atoms with van der Waals surface area (Å²) in [4.78, 5) is 35.9. The first-order valence-corrected chi connectivity index (χ1v) is 8.02. The van der Waals surface area contributed by atoms with E-state index in [1.54, 1.807) is 41.5 Å². The molecule has 0 spiro atoms. The highest BCUT2D eigenvalue weighted by Gasteiger charge is 2.39. The molecule has 0 saturated heterocycles. The van der Waals surface area contributed by atoms with Crippen molar-refractivity contribution in [2.75, 3.05) is 12.4 Å². The van der Waals surface area contributed by atoms with Gasteiger partial charge in [-0.1, -0.05) is 15.9 Å².